The van der Waals surface area contributed by atoms with Gasteiger partial charge in [-0.2, -0.15) is 0 Å². The van der Waals surface area contributed by atoms with Crippen LogP contribution in [0.4, 0.5) is 0 Å². The van der Waals surface area contributed by atoms with Crippen molar-refractivity contribution in [1.82, 2.24) is 0 Å². The fraction of sp³-hybridized carbons (Fsp3) is 0.0667. The molecule has 2 aromatic carbocycles. The summed E-state index contributed by atoms with van der Waals surface area (Å²) in [5, 5.41) is 4.64. The van der Waals surface area contributed by atoms with Crippen molar-refractivity contribution in [3.63, 3.8) is 0 Å². The van der Waals surface area contributed by atoms with E-state index < -0.39 is 0 Å². The molecule has 1 heterocycles. The van der Waals surface area contributed by atoms with Crippen LogP contribution in [-0.4, -0.2) is 0 Å². The highest BCUT2D eigenvalue weighted by atomic mass is 127. The van der Waals surface area contributed by atoms with Gasteiger partial charge in [-0.15, -0.1) is 11.3 Å². The van der Waals surface area contributed by atoms with Gasteiger partial charge in [0.1, 0.15) is 0 Å². The Bertz CT molecular complexity index is 684. The highest BCUT2D eigenvalue weighted by Crippen LogP contribution is 2.30. The van der Waals surface area contributed by atoms with E-state index in [0.717, 1.165) is 0 Å². The minimum Gasteiger partial charge on any atom is -0.320 e. The van der Waals surface area contributed by atoms with Gasteiger partial charge in [-0.1, -0.05) is 42.5 Å². The molecule has 18 heavy (non-hydrogen) atoms. The lowest BCUT2D eigenvalue weighted by Crippen LogP contribution is -2.11. The summed E-state index contributed by atoms with van der Waals surface area (Å²) in [6.45, 7) is 0. The lowest BCUT2D eigenvalue weighted by Gasteiger charge is -2.13. The first-order valence-electron chi connectivity index (χ1n) is 5.73. The van der Waals surface area contributed by atoms with Crippen LogP contribution in [0.5, 0.6) is 0 Å². The van der Waals surface area contributed by atoms with Crippen LogP contribution < -0.4 is 5.73 Å². The average Bonchev–Trinajstić information content (AvgIpc) is 2.84. The van der Waals surface area contributed by atoms with Crippen LogP contribution in [0.2, 0.25) is 0 Å². The number of thiophene rings is 1. The Morgan fingerprint density at radius 3 is 2.61 bits per heavy atom. The molecule has 0 aliphatic rings. The van der Waals surface area contributed by atoms with Crippen molar-refractivity contribution in [2.75, 3.05) is 0 Å². The maximum atomic E-state index is 6.40. The Hall–Kier alpha value is -0.910. The van der Waals surface area contributed by atoms with Crippen LogP contribution in [0.15, 0.2) is 53.9 Å². The summed E-state index contributed by atoms with van der Waals surface area (Å²) >= 11 is 4.07. The largest absolute Gasteiger partial charge is 0.320 e. The van der Waals surface area contributed by atoms with Crippen molar-refractivity contribution < 1.29 is 0 Å². The zero-order valence-electron chi connectivity index (χ0n) is 9.64. The molecule has 0 saturated carbocycles. The van der Waals surface area contributed by atoms with Gasteiger partial charge in [-0.3, -0.25) is 0 Å². The van der Waals surface area contributed by atoms with Crippen molar-refractivity contribution in [3.8, 4) is 0 Å². The summed E-state index contributed by atoms with van der Waals surface area (Å²) in [7, 11) is 0. The number of halogens is 1. The molecule has 0 radical (unpaired) electrons. The molecule has 1 atom stereocenters. The second-order valence-corrected chi connectivity index (χ2v) is 7.04. The molecule has 1 unspecified atom stereocenters. The van der Waals surface area contributed by atoms with Gasteiger partial charge in [0.05, 0.1) is 8.93 Å². The Morgan fingerprint density at radius 1 is 1.06 bits per heavy atom. The molecule has 0 aliphatic heterocycles. The minimum absolute atomic E-state index is 0.0455. The van der Waals surface area contributed by atoms with E-state index in [9.17, 15) is 0 Å². The number of benzene rings is 2. The molecule has 0 spiro atoms. The molecule has 3 aromatic rings. The maximum Gasteiger partial charge on any atom is 0.0656 e. The third-order valence-corrected chi connectivity index (χ3v) is 4.91. The van der Waals surface area contributed by atoms with Gasteiger partial charge in [0.15, 0.2) is 0 Å². The monoisotopic (exact) mass is 365 g/mol. The minimum atomic E-state index is -0.0455. The molecule has 3 rings (SSSR count). The van der Waals surface area contributed by atoms with Gasteiger partial charge in [0, 0.05) is 0 Å². The summed E-state index contributed by atoms with van der Waals surface area (Å²) in [4.78, 5) is 0. The van der Waals surface area contributed by atoms with E-state index in [2.05, 4.69) is 76.5 Å². The second kappa shape index (κ2) is 4.99. The molecule has 0 bridgehead atoms. The molecular formula is C15H12INS. The molecule has 0 amide bonds. The molecule has 0 fully saturated rings. The van der Waals surface area contributed by atoms with E-state index in [1.54, 1.807) is 11.3 Å². The first-order valence-corrected chi connectivity index (χ1v) is 7.69. The standard InChI is InChI=1S/C15H12INS/c16-14-8-11(9-18-14)15(17)13-7-3-5-10-4-1-2-6-12(10)13/h1-9,15H,17H2. The number of hydrogen-bond donors (Lipinski definition) is 1. The summed E-state index contributed by atoms with van der Waals surface area (Å²) in [6, 6.07) is 16.8. The van der Waals surface area contributed by atoms with Gasteiger partial charge in [-0.05, 0) is 55.9 Å². The summed E-state index contributed by atoms with van der Waals surface area (Å²) < 4.78 is 1.28. The van der Waals surface area contributed by atoms with E-state index in [4.69, 9.17) is 5.73 Å². The molecule has 0 saturated heterocycles. The van der Waals surface area contributed by atoms with Crippen LogP contribution in [0.25, 0.3) is 10.8 Å². The highest BCUT2D eigenvalue weighted by molar-refractivity contribution is 14.1. The third kappa shape index (κ3) is 2.18. The lowest BCUT2D eigenvalue weighted by molar-refractivity contribution is 0.886. The molecule has 3 heteroatoms. The molecule has 90 valence electrons. The predicted octanol–water partition coefficient (Wildman–Crippen LogP) is 4.55. The smallest absolute Gasteiger partial charge is 0.0656 e. The van der Waals surface area contributed by atoms with Crippen molar-refractivity contribution in [2.24, 2.45) is 5.73 Å². The second-order valence-electron chi connectivity index (χ2n) is 4.23. The van der Waals surface area contributed by atoms with Crippen LogP contribution >= 0.6 is 33.9 Å². The fourth-order valence-corrected chi connectivity index (χ4v) is 3.60. The Balaban J connectivity index is 2.14. The van der Waals surface area contributed by atoms with Crippen molar-refractivity contribution >= 4 is 44.7 Å². The van der Waals surface area contributed by atoms with Gasteiger partial charge < -0.3 is 5.73 Å². The summed E-state index contributed by atoms with van der Waals surface area (Å²) in [5.41, 5.74) is 8.79. The molecule has 1 aromatic heterocycles. The van der Waals surface area contributed by atoms with Gasteiger partial charge >= 0.3 is 0 Å². The molecular weight excluding hydrogens is 353 g/mol. The molecule has 0 aliphatic carbocycles. The summed E-state index contributed by atoms with van der Waals surface area (Å²) in [6.07, 6.45) is 0. The molecule has 2 N–H and O–H groups in total. The van der Waals surface area contributed by atoms with Crippen LogP contribution in [0.3, 0.4) is 0 Å². The van der Waals surface area contributed by atoms with Crippen LogP contribution in [0, 0.1) is 2.88 Å². The van der Waals surface area contributed by atoms with Gasteiger partial charge in [-0.25, -0.2) is 0 Å². The number of rotatable bonds is 2. The first-order chi connectivity index (χ1) is 8.75. The maximum absolute atomic E-state index is 6.40. The predicted molar refractivity (Wildman–Crippen MR) is 87.0 cm³/mol. The van der Waals surface area contributed by atoms with Crippen LogP contribution in [-0.2, 0) is 0 Å². The molecule has 1 nitrogen and oxygen atoms in total. The van der Waals surface area contributed by atoms with Crippen LogP contribution in [0.1, 0.15) is 17.2 Å². The van der Waals surface area contributed by atoms with Crippen molar-refractivity contribution in [1.29, 1.82) is 0 Å². The van der Waals surface area contributed by atoms with E-state index in [-0.39, 0.29) is 6.04 Å². The van der Waals surface area contributed by atoms with E-state index in [1.165, 1.54) is 24.8 Å². The Kier molecular flexibility index (Phi) is 3.37. The van der Waals surface area contributed by atoms with E-state index in [0.29, 0.717) is 0 Å². The van der Waals surface area contributed by atoms with Crippen molar-refractivity contribution in [3.05, 3.63) is 67.9 Å². The zero-order valence-corrected chi connectivity index (χ0v) is 12.6. The lowest BCUT2D eigenvalue weighted by atomic mass is 9.96. The topological polar surface area (TPSA) is 26.0 Å². The summed E-state index contributed by atoms with van der Waals surface area (Å²) in [5.74, 6) is 0. The normalized spacial score (nSPS) is 12.8. The van der Waals surface area contributed by atoms with Crippen molar-refractivity contribution in [2.45, 2.75) is 6.04 Å². The highest BCUT2D eigenvalue weighted by Gasteiger charge is 2.13. The number of nitrogens with two attached hydrogens (primary N) is 1. The number of hydrogen-bond acceptors (Lipinski definition) is 2. The SMILES string of the molecule is NC(c1csc(I)c1)c1cccc2ccccc12. The van der Waals surface area contributed by atoms with Gasteiger partial charge in [0.25, 0.3) is 0 Å². The Morgan fingerprint density at radius 2 is 1.83 bits per heavy atom. The van der Waals surface area contributed by atoms with E-state index >= 15 is 0 Å². The van der Waals surface area contributed by atoms with E-state index in [1.807, 2.05) is 0 Å². The fourth-order valence-electron chi connectivity index (χ4n) is 2.19. The zero-order chi connectivity index (χ0) is 12.5. The third-order valence-electron chi connectivity index (χ3n) is 3.11. The number of fused-ring (bicyclic) bond motifs is 1. The Labute approximate surface area is 124 Å². The quantitative estimate of drug-likeness (QED) is 0.663. The van der Waals surface area contributed by atoms with Gasteiger partial charge in [0.2, 0.25) is 0 Å². The average molecular weight is 365 g/mol. The first kappa shape index (κ1) is 12.1.